The van der Waals surface area contributed by atoms with Crippen LogP contribution in [0.25, 0.3) is 11.1 Å². The minimum absolute atomic E-state index is 0.205. The van der Waals surface area contributed by atoms with Crippen molar-refractivity contribution in [3.63, 3.8) is 0 Å². The summed E-state index contributed by atoms with van der Waals surface area (Å²) in [5, 5.41) is 2.88. The molecular weight excluding hydrogens is 281 g/mol. The number of hydrogen-bond donors (Lipinski definition) is 1. The second-order valence-corrected chi connectivity index (χ2v) is 4.54. The van der Waals surface area contributed by atoms with Crippen LogP contribution in [0.4, 0.5) is 19.2 Å². The minimum Gasteiger partial charge on any atom is -0.424 e. The number of oxazole rings is 1. The van der Waals surface area contributed by atoms with E-state index in [0.29, 0.717) is 16.7 Å². The molecule has 0 spiro atoms. The molecule has 1 aromatic heterocycles. The lowest BCUT2D eigenvalue weighted by molar-refractivity contribution is -0.137. The van der Waals surface area contributed by atoms with Crippen LogP contribution in [-0.2, 0) is 12.7 Å². The molecule has 3 rings (SSSR count). The van der Waals surface area contributed by atoms with Gasteiger partial charge in [0, 0.05) is 6.54 Å². The molecule has 0 saturated heterocycles. The van der Waals surface area contributed by atoms with Crippen LogP contribution in [0.2, 0.25) is 0 Å². The molecule has 1 heterocycles. The first-order chi connectivity index (χ1) is 10.0. The van der Waals surface area contributed by atoms with E-state index in [-0.39, 0.29) is 12.6 Å². The van der Waals surface area contributed by atoms with Gasteiger partial charge in [-0.1, -0.05) is 24.3 Å². The first kappa shape index (κ1) is 13.5. The van der Waals surface area contributed by atoms with Gasteiger partial charge < -0.3 is 9.73 Å². The van der Waals surface area contributed by atoms with Crippen molar-refractivity contribution in [1.82, 2.24) is 4.98 Å². The van der Waals surface area contributed by atoms with E-state index in [0.717, 1.165) is 12.1 Å². The highest BCUT2D eigenvalue weighted by Crippen LogP contribution is 2.29. The Morgan fingerprint density at radius 1 is 1.05 bits per heavy atom. The first-order valence-electron chi connectivity index (χ1n) is 6.28. The fourth-order valence-corrected chi connectivity index (χ4v) is 1.98. The van der Waals surface area contributed by atoms with Crippen molar-refractivity contribution in [2.75, 3.05) is 5.32 Å². The molecule has 0 fully saturated rings. The highest BCUT2D eigenvalue weighted by atomic mass is 19.4. The zero-order chi connectivity index (χ0) is 14.9. The summed E-state index contributed by atoms with van der Waals surface area (Å²) in [7, 11) is 0. The molecule has 0 aliphatic heterocycles. The van der Waals surface area contributed by atoms with E-state index in [1.54, 1.807) is 18.2 Å². The van der Waals surface area contributed by atoms with Crippen LogP contribution in [0, 0.1) is 0 Å². The van der Waals surface area contributed by atoms with Crippen LogP contribution >= 0.6 is 0 Å². The minimum atomic E-state index is -4.34. The van der Waals surface area contributed by atoms with E-state index < -0.39 is 11.7 Å². The zero-order valence-corrected chi connectivity index (χ0v) is 10.8. The van der Waals surface area contributed by atoms with Gasteiger partial charge in [0.25, 0.3) is 6.01 Å². The molecule has 3 aromatic rings. The van der Waals surface area contributed by atoms with Crippen molar-refractivity contribution in [1.29, 1.82) is 0 Å². The largest absolute Gasteiger partial charge is 0.424 e. The summed E-state index contributed by atoms with van der Waals surface area (Å²) in [6, 6.07) is 12.7. The highest BCUT2D eigenvalue weighted by Gasteiger charge is 2.30. The lowest BCUT2D eigenvalue weighted by Crippen LogP contribution is -2.06. The van der Waals surface area contributed by atoms with Crippen LogP contribution in [-0.4, -0.2) is 4.98 Å². The Morgan fingerprint density at radius 3 is 2.62 bits per heavy atom. The maximum absolute atomic E-state index is 12.6. The van der Waals surface area contributed by atoms with Crippen molar-refractivity contribution in [2.24, 2.45) is 0 Å². The summed E-state index contributed by atoms with van der Waals surface area (Å²) in [5.41, 5.74) is 1.17. The van der Waals surface area contributed by atoms with Crippen LogP contribution in [0.5, 0.6) is 0 Å². The molecule has 6 heteroatoms. The molecule has 0 bridgehead atoms. The molecule has 0 unspecified atom stereocenters. The number of nitrogens with one attached hydrogen (secondary N) is 1. The van der Waals surface area contributed by atoms with Gasteiger partial charge in [-0.05, 0) is 29.8 Å². The maximum Gasteiger partial charge on any atom is 0.416 e. The summed E-state index contributed by atoms with van der Waals surface area (Å²) in [6.07, 6.45) is -4.34. The van der Waals surface area contributed by atoms with Crippen molar-refractivity contribution < 1.29 is 17.6 Å². The zero-order valence-electron chi connectivity index (χ0n) is 10.8. The van der Waals surface area contributed by atoms with Gasteiger partial charge in [0.05, 0.1) is 5.56 Å². The standard InChI is InChI=1S/C15H11F3N2O/c16-15(17,18)11-5-3-4-10(8-11)9-19-14-20-12-6-1-2-7-13(12)21-14/h1-8H,9H2,(H,19,20). The molecular formula is C15H11F3N2O. The second kappa shape index (κ2) is 5.12. The highest BCUT2D eigenvalue weighted by molar-refractivity contribution is 5.74. The molecule has 0 saturated carbocycles. The molecule has 0 aliphatic rings. The molecule has 2 aromatic carbocycles. The summed E-state index contributed by atoms with van der Waals surface area (Å²) >= 11 is 0. The number of fused-ring (bicyclic) bond motifs is 1. The molecule has 0 atom stereocenters. The third-order valence-electron chi connectivity index (χ3n) is 2.99. The number of anilines is 1. The van der Waals surface area contributed by atoms with Crippen molar-refractivity contribution in [3.8, 4) is 0 Å². The van der Waals surface area contributed by atoms with E-state index in [1.807, 2.05) is 12.1 Å². The Hall–Kier alpha value is -2.50. The topological polar surface area (TPSA) is 38.1 Å². The number of para-hydroxylation sites is 2. The average Bonchev–Trinajstić information content (AvgIpc) is 2.87. The van der Waals surface area contributed by atoms with Crippen molar-refractivity contribution in [3.05, 3.63) is 59.7 Å². The lowest BCUT2D eigenvalue weighted by Gasteiger charge is -2.08. The predicted octanol–water partition coefficient (Wildman–Crippen LogP) is 4.46. The number of nitrogens with zero attached hydrogens (tertiary/aromatic N) is 1. The van der Waals surface area contributed by atoms with E-state index in [9.17, 15) is 13.2 Å². The number of hydrogen-bond acceptors (Lipinski definition) is 3. The molecule has 0 aliphatic carbocycles. The van der Waals surface area contributed by atoms with Crippen LogP contribution in [0.15, 0.2) is 52.9 Å². The lowest BCUT2D eigenvalue weighted by atomic mass is 10.1. The van der Waals surface area contributed by atoms with Gasteiger partial charge in [0.2, 0.25) is 0 Å². The maximum atomic E-state index is 12.6. The van der Waals surface area contributed by atoms with Gasteiger partial charge >= 0.3 is 6.18 Å². The smallest absolute Gasteiger partial charge is 0.416 e. The number of benzene rings is 2. The Kier molecular flexibility index (Phi) is 3.29. The third kappa shape index (κ3) is 2.99. The van der Waals surface area contributed by atoms with Crippen molar-refractivity contribution >= 4 is 17.1 Å². The molecule has 0 amide bonds. The number of aromatic nitrogens is 1. The molecule has 21 heavy (non-hydrogen) atoms. The van der Waals surface area contributed by atoms with E-state index in [2.05, 4.69) is 10.3 Å². The molecule has 108 valence electrons. The summed E-state index contributed by atoms with van der Waals surface area (Å²) in [5.74, 6) is 0. The van der Waals surface area contributed by atoms with E-state index in [4.69, 9.17) is 4.42 Å². The fraction of sp³-hybridized carbons (Fsp3) is 0.133. The Morgan fingerprint density at radius 2 is 1.86 bits per heavy atom. The molecule has 0 radical (unpaired) electrons. The molecule has 3 nitrogen and oxygen atoms in total. The molecule has 1 N–H and O–H groups in total. The fourth-order valence-electron chi connectivity index (χ4n) is 1.98. The van der Waals surface area contributed by atoms with Gasteiger partial charge in [0.1, 0.15) is 5.52 Å². The predicted molar refractivity (Wildman–Crippen MR) is 72.8 cm³/mol. The Bertz CT molecular complexity index is 732. The van der Waals surface area contributed by atoms with E-state index in [1.165, 1.54) is 6.07 Å². The first-order valence-corrected chi connectivity index (χ1v) is 6.28. The van der Waals surface area contributed by atoms with Crippen LogP contribution in [0.1, 0.15) is 11.1 Å². The van der Waals surface area contributed by atoms with Gasteiger partial charge in [-0.25, -0.2) is 0 Å². The van der Waals surface area contributed by atoms with Crippen molar-refractivity contribution in [2.45, 2.75) is 12.7 Å². The van der Waals surface area contributed by atoms with Gasteiger partial charge in [-0.2, -0.15) is 18.2 Å². The second-order valence-electron chi connectivity index (χ2n) is 4.54. The normalized spacial score (nSPS) is 11.8. The van der Waals surface area contributed by atoms with Crippen LogP contribution in [0.3, 0.4) is 0 Å². The quantitative estimate of drug-likeness (QED) is 0.774. The number of halogens is 3. The van der Waals surface area contributed by atoms with Gasteiger partial charge in [-0.15, -0.1) is 0 Å². The summed E-state index contributed by atoms with van der Waals surface area (Å²) < 4.78 is 43.3. The Labute approximate surface area is 118 Å². The van der Waals surface area contributed by atoms with Gasteiger partial charge in [0.15, 0.2) is 5.58 Å². The third-order valence-corrected chi connectivity index (χ3v) is 2.99. The number of rotatable bonds is 3. The van der Waals surface area contributed by atoms with Crippen LogP contribution < -0.4 is 5.32 Å². The van der Waals surface area contributed by atoms with E-state index >= 15 is 0 Å². The van der Waals surface area contributed by atoms with Gasteiger partial charge in [-0.3, -0.25) is 0 Å². The monoisotopic (exact) mass is 292 g/mol. The average molecular weight is 292 g/mol. The summed E-state index contributed by atoms with van der Waals surface area (Å²) in [6.45, 7) is 0.205. The Balaban J connectivity index is 1.75. The number of alkyl halides is 3. The summed E-state index contributed by atoms with van der Waals surface area (Å²) in [4.78, 5) is 4.20. The SMILES string of the molecule is FC(F)(F)c1cccc(CNc2nc3ccccc3o2)c1.